The van der Waals surface area contributed by atoms with Crippen LogP contribution in [0.3, 0.4) is 0 Å². The number of nitrogens with zero attached hydrogens (tertiary/aromatic N) is 1. The highest BCUT2D eigenvalue weighted by molar-refractivity contribution is 5.95. The lowest BCUT2D eigenvalue weighted by Crippen LogP contribution is -2.69. The molecule has 4 rings (SSSR count). The molecule has 48 heavy (non-hydrogen) atoms. The van der Waals surface area contributed by atoms with E-state index in [0.717, 1.165) is 0 Å². The number of esters is 3. The minimum atomic E-state index is -2.16. The number of ketones is 2. The Labute approximate surface area is 277 Å². The van der Waals surface area contributed by atoms with Crippen molar-refractivity contribution >= 4 is 29.5 Å². The fourth-order valence-corrected chi connectivity index (χ4v) is 8.76. The number of ether oxygens (including phenoxy) is 3. The van der Waals surface area contributed by atoms with E-state index >= 15 is 4.39 Å². The summed E-state index contributed by atoms with van der Waals surface area (Å²) in [5, 5.41) is 20.9. The second-order valence-corrected chi connectivity index (χ2v) is 13.8. The van der Waals surface area contributed by atoms with Crippen LogP contribution < -0.4 is 5.73 Å². The highest BCUT2D eigenvalue weighted by atomic mass is 19.1. The first-order valence-electron chi connectivity index (χ1n) is 16.4. The number of alkyl halides is 1. The van der Waals surface area contributed by atoms with Crippen LogP contribution in [0, 0.1) is 38.7 Å². The molecular formula is C33H45FN2O12. The predicted molar refractivity (Wildman–Crippen MR) is 164 cm³/mol. The zero-order valence-corrected chi connectivity index (χ0v) is 27.7. The third kappa shape index (κ3) is 6.26. The van der Waals surface area contributed by atoms with E-state index in [0.29, 0.717) is 5.57 Å². The Hall–Kier alpha value is -3.72. The van der Waals surface area contributed by atoms with E-state index in [1.807, 2.05) is 6.08 Å². The molecule has 2 fully saturated rings. The van der Waals surface area contributed by atoms with Crippen molar-refractivity contribution in [2.45, 2.75) is 102 Å². The first kappa shape index (κ1) is 37.1. The minimum Gasteiger partial charge on any atom is -0.465 e. The van der Waals surface area contributed by atoms with Crippen LogP contribution in [-0.2, 0) is 43.0 Å². The van der Waals surface area contributed by atoms with Gasteiger partial charge in [0.1, 0.15) is 6.04 Å². The van der Waals surface area contributed by atoms with Gasteiger partial charge in [0.15, 0.2) is 23.7 Å². The largest absolute Gasteiger partial charge is 0.465 e. The smallest absolute Gasteiger partial charge is 0.323 e. The molecule has 0 aromatic rings. The number of rotatable bonds is 14. The van der Waals surface area contributed by atoms with Crippen molar-refractivity contribution in [2.75, 3.05) is 19.8 Å². The Morgan fingerprint density at radius 2 is 1.83 bits per heavy atom. The minimum absolute atomic E-state index is 0.0567. The Morgan fingerprint density at radius 1 is 1.15 bits per heavy atom. The van der Waals surface area contributed by atoms with Crippen LogP contribution in [0.25, 0.3) is 0 Å². The van der Waals surface area contributed by atoms with Crippen molar-refractivity contribution in [1.82, 2.24) is 0 Å². The predicted octanol–water partition coefficient (Wildman–Crippen LogP) is 2.66. The molecule has 0 aromatic heterocycles. The van der Waals surface area contributed by atoms with Gasteiger partial charge in [0.2, 0.25) is 5.78 Å². The third-order valence-corrected chi connectivity index (χ3v) is 11.2. The fourth-order valence-electron chi connectivity index (χ4n) is 8.76. The maximum Gasteiger partial charge on any atom is 0.323 e. The van der Waals surface area contributed by atoms with E-state index in [1.165, 1.54) is 12.2 Å². The maximum absolute atomic E-state index is 17.6. The van der Waals surface area contributed by atoms with Crippen LogP contribution in [0.5, 0.6) is 0 Å². The van der Waals surface area contributed by atoms with E-state index in [4.69, 9.17) is 19.9 Å². The highest BCUT2D eigenvalue weighted by Crippen LogP contribution is 2.71. The van der Waals surface area contributed by atoms with Gasteiger partial charge < -0.3 is 29.9 Å². The Kier molecular flexibility index (Phi) is 10.8. The standard InChI is InChI=1S/C33H45FN2O12/c1-5-27(40)48-33(26(39)18-46-28(41)16-24(35)29(42)45-12-6-7-13-47-36(43)44)19(2)14-23-22-9-8-20-15-21(37)10-11-30(20,3)32(22,34)25(38)17-31(23,33)4/h8,10-11,19,22-25,38H,5-7,9,12-18,35H2,1-4H3/t19-,22-,23-,24?,25-,30-,31-,32-,33-/m0/s1. The summed E-state index contributed by atoms with van der Waals surface area (Å²) in [5.74, 6) is -5.41. The lowest BCUT2D eigenvalue weighted by atomic mass is 9.45. The van der Waals surface area contributed by atoms with Crippen molar-refractivity contribution in [3.8, 4) is 0 Å². The number of carbonyl (C=O) groups is 5. The van der Waals surface area contributed by atoms with Crippen LogP contribution >= 0.6 is 0 Å². The molecule has 0 heterocycles. The molecule has 9 atom stereocenters. The first-order chi connectivity index (χ1) is 22.5. The van der Waals surface area contributed by atoms with E-state index in [9.17, 15) is 39.2 Å². The molecule has 0 bridgehead atoms. The molecule has 0 spiro atoms. The lowest BCUT2D eigenvalue weighted by Gasteiger charge is -2.62. The van der Waals surface area contributed by atoms with Gasteiger partial charge in [-0.1, -0.05) is 38.5 Å². The molecule has 4 aliphatic carbocycles. The lowest BCUT2D eigenvalue weighted by molar-refractivity contribution is -0.757. The van der Waals surface area contributed by atoms with Gasteiger partial charge in [0, 0.05) is 35.5 Å². The quantitative estimate of drug-likeness (QED) is 0.0675. The van der Waals surface area contributed by atoms with Gasteiger partial charge >= 0.3 is 17.9 Å². The van der Waals surface area contributed by atoms with E-state index < -0.39 is 93.8 Å². The number of nitrogens with two attached hydrogens (primary N) is 1. The molecule has 14 nitrogen and oxygen atoms in total. The summed E-state index contributed by atoms with van der Waals surface area (Å²) >= 11 is 0. The van der Waals surface area contributed by atoms with Gasteiger partial charge in [-0.25, -0.2) is 4.39 Å². The molecule has 0 radical (unpaired) electrons. The Morgan fingerprint density at radius 3 is 2.50 bits per heavy atom. The Balaban J connectivity index is 1.49. The molecule has 4 aliphatic rings. The van der Waals surface area contributed by atoms with Gasteiger partial charge in [-0.05, 0) is 51.0 Å². The number of fused-ring (bicyclic) bond motifs is 5. The monoisotopic (exact) mass is 680 g/mol. The van der Waals surface area contributed by atoms with Gasteiger partial charge in [0.25, 0.3) is 5.09 Å². The molecule has 0 aliphatic heterocycles. The first-order valence-corrected chi connectivity index (χ1v) is 16.4. The number of aliphatic hydroxyl groups excluding tert-OH is 1. The number of halogens is 1. The summed E-state index contributed by atoms with van der Waals surface area (Å²) in [4.78, 5) is 78.5. The third-order valence-electron chi connectivity index (χ3n) is 11.2. The number of hydrogen-bond acceptors (Lipinski definition) is 13. The van der Waals surface area contributed by atoms with Crippen LogP contribution in [0.1, 0.15) is 79.1 Å². The molecule has 1 unspecified atom stereocenters. The second-order valence-electron chi connectivity index (χ2n) is 13.8. The molecule has 266 valence electrons. The van der Waals surface area contributed by atoms with Crippen LogP contribution in [0.2, 0.25) is 0 Å². The molecule has 0 saturated heterocycles. The van der Waals surface area contributed by atoms with Crippen molar-refractivity contribution in [3.05, 3.63) is 33.9 Å². The summed E-state index contributed by atoms with van der Waals surface area (Å²) in [6, 6.07) is -1.41. The van der Waals surface area contributed by atoms with Gasteiger partial charge in [-0.3, -0.25) is 24.0 Å². The number of aliphatic hydroxyl groups is 1. The van der Waals surface area contributed by atoms with Gasteiger partial charge in [0.05, 0.1) is 25.7 Å². The van der Waals surface area contributed by atoms with Gasteiger partial charge in [-0.2, -0.15) is 0 Å². The Bertz CT molecular complexity index is 1400. The van der Waals surface area contributed by atoms with Crippen molar-refractivity contribution in [1.29, 1.82) is 0 Å². The van der Waals surface area contributed by atoms with Crippen molar-refractivity contribution < 1.29 is 57.6 Å². The molecule has 0 amide bonds. The normalized spacial score (nSPS) is 35.6. The van der Waals surface area contributed by atoms with E-state index in [-0.39, 0.29) is 63.9 Å². The van der Waals surface area contributed by atoms with E-state index in [2.05, 4.69) is 4.84 Å². The zero-order valence-electron chi connectivity index (χ0n) is 27.7. The topological polar surface area (TPSA) is 212 Å². The molecule has 0 aromatic carbocycles. The number of Topliss-reactive ketones (excluding diaryl/α,β-unsaturated/α-hetero) is 1. The van der Waals surface area contributed by atoms with Crippen molar-refractivity contribution in [3.63, 3.8) is 0 Å². The summed E-state index contributed by atoms with van der Waals surface area (Å²) < 4.78 is 33.8. The molecular weight excluding hydrogens is 635 g/mol. The van der Waals surface area contributed by atoms with Crippen LogP contribution in [-0.4, -0.2) is 82.9 Å². The number of hydrogen-bond donors (Lipinski definition) is 2. The van der Waals surface area contributed by atoms with Gasteiger partial charge in [-0.15, -0.1) is 10.1 Å². The number of unbranched alkanes of at least 4 members (excludes halogenated alkanes) is 1. The molecule has 15 heteroatoms. The summed E-state index contributed by atoms with van der Waals surface area (Å²) in [6.45, 7) is 5.57. The zero-order chi connectivity index (χ0) is 35.7. The summed E-state index contributed by atoms with van der Waals surface area (Å²) in [5.41, 5.74) is -0.122. The SMILES string of the molecule is CCC(=O)O[C@]1(C(=O)COC(=O)CC(N)C(=O)OCCCCO[N+](=O)[O-])[C@@H](C)C[C@H]2[C@@H]3CC=C4CC(=O)C=C[C@]4(C)[C@@]3(F)[C@@H](O)C[C@@]21C. The summed E-state index contributed by atoms with van der Waals surface area (Å²) in [6.07, 6.45) is 3.30. The summed E-state index contributed by atoms with van der Waals surface area (Å²) in [7, 11) is 0. The van der Waals surface area contributed by atoms with E-state index in [1.54, 1.807) is 27.7 Å². The average molecular weight is 681 g/mol. The van der Waals surface area contributed by atoms with Crippen LogP contribution in [0.15, 0.2) is 23.8 Å². The average Bonchev–Trinajstić information content (AvgIpc) is 3.24. The molecule has 3 N–H and O–H groups in total. The number of allylic oxidation sites excluding steroid dienone is 4. The number of carbonyl (C=O) groups excluding carboxylic acids is 5. The maximum atomic E-state index is 17.6. The van der Waals surface area contributed by atoms with Crippen molar-refractivity contribution in [2.24, 2.45) is 34.3 Å². The second kappa shape index (κ2) is 14.0. The molecule has 2 saturated carbocycles. The van der Waals surface area contributed by atoms with Crippen LogP contribution in [0.4, 0.5) is 4.39 Å². The fraction of sp³-hybridized carbons (Fsp3) is 0.727. The highest BCUT2D eigenvalue weighted by Gasteiger charge is 2.77.